The molecule has 2 N–H and O–H groups in total. The summed E-state index contributed by atoms with van der Waals surface area (Å²) in [4.78, 5) is 25.7. The van der Waals surface area contributed by atoms with Crippen molar-refractivity contribution in [3.63, 3.8) is 0 Å². The second-order valence-corrected chi connectivity index (χ2v) is 9.44. The third kappa shape index (κ3) is 6.19. The molecule has 2 aromatic heterocycles. The molecule has 0 atom stereocenters. The topological polar surface area (TPSA) is 102 Å². The predicted molar refractivity (Wildman–Crippen MR) is 137 cm³/mol. The van der Waals surface area contributed by atoms with Crippen LogP contribution in [0.1, 0.15) is 29.8 Å². The Morgan fingerprint density at radius 3 is 2.60 bits per heavy atom. The monoisotopic (exact) mass is 489 g/mol. The average molecular weight is 490 g/mol. The molecular formula is C26H27N5O3S. The summed E-state index contributed by atoms with van der Waals surface area (Å²) in [5.74, 6) is 1.19. The Kier molecular flexibility index (Phi) is 7.67. The standard InChI is InChI=1S/C26H27N5O3S/c1-17(2)15-31-24(22-12-7-13-34-22)29-30-26(31)35-16-23(32)28-21-11-5-4-10-20(21)25(33)27-19-9-6-8-18(3)14-19/h4-14,17H,15-16H2,1-3H3,(H,27,33)(H,28,32). The van der Waals surface area contributed by atoms with Gasteiger partial charge in [-0.2, -0.15) is 0 Å². The number of amides is 2. The van der Waals surface area contributed by atoms with E-state index in [0.29, 0.717) is 46.1 Å². The first-order chi connectivity index (χ1) is 16.9. The van der Waals surface area contributed by atoms with Crippen molar-refractivity contribution >= 4 is 35.0 Å². The summed E-state index contributed by atoms with van der Waals surface area (Å²) in [7, 11) is 0. The highest BCUT2D eigenvalue weighted by atomic mass is 32.2. The van der Waals surface area contributed by atoms with E-state index in [2.05, 4.69) is 34.7 Å². The maximum Gasteiger partial charge on any atom is 0.257 e. The molecular weight excluding hydrogens is 462 g/mol. The molecule has 0 unspecified atom stereocenters. The number of aromatic nitrogens is 3. The van der Waals surface area contributed by atoms with Crippen molar-refractivity contribution < 1.29 is 14.0 Å². The van der Waals surface area contributed by atoms with Gasteiger partial charge in [-0.3, -0.25) is 14.2 Å². The molecule has 9 heteroatoms. The number of para-hydroxylation sites is 1. The van der Waals surface area contributed by atoms with Crippen molar-refractivity contribution in [2.75, 3.05) is 16.4 Å². The number of nitrogens with zero attached hydrogens (tertiary/aromatic N) is 3. The van der Waals surface area contributed by atoms with E-state index in [-0.39, 0.29) is 17.6 Å². The summed E-state index contributed by atoms with van der Waals surface area (Å²) in [6.07, 6.45) is 1.59. The minimum atomic E-state index is -0.293. The summed E-state index contributed by atoms with van der Waals surface area (Å²) >= 11 is 1.29. The largest absolute Gasteiger partial charge is 0.461 e. The fourth-order valence-corrected chi connectivity index (χ4v) is 4.29. The number of aryl methyl sites for hydroxylation is 1. The Hall–Kier alpha value is -3.85. The second kappa shape index (κ2) is 11.1. The van der Waals surface area contributed by atoms with Crippen LogP contribution in [0.5, 0.6) is 0 Å². The van der Waals surface area contributed by atoms with Crippen molar-refractivity contribution in [3.05, 3.63) is 78.1 Å². The van der Waals surface area contributed by atoms with E-state index >= 15 is 0 Å². The van der Waals surface area contributed by atoms with Crippen molar-refractivity contribution in [2.45, 2.75) is 32.5 Å². The van der Waals surface area contributed by atoms with Gasteiger partial charge in [0.15, 0.2) is 16.7 Å². The summed E-state index contributed by atoms with van der Waals surface area (Å²) in [6.45, 7) is 6.85. The molecule has 0 radical (unpaired) electrons. The molecule has 8 nitrogen and oxygen atoms in total. The normalized spacial score (nSPS) is 11.0. The van der Waals surface area contributed by atoms with Gasteiger partial charge in [0, 0.05) is 12.2 Å². The van der Waals surface area contributed by atoms with Crippen molar-refractivity contribution in [1.29, 1.82) is 0 Å². The highest BCUT2D eigenvalue weighted by molar-refractivity contribution is 7.99. The number of nitrogens with one attached hydrogen (secondary N) is 2. The Morgan fingerprint density at radius 2 is 1.86 bits per heavy atom. The number of thioether (sulfide) groups is 1. The molecule has 0 aliphatic heterocycles. The van der Waals surface area contributed by atoms with Crippen LogP contribution in [0.15, 0.2) is 76.5 Å². The lowest BCUT2D eigenvalue weighted by Crippen LogP contribution is -2.19. The molecule has 0 saturated carbocycles. The van der Waals surface area contributed by atoms with E-state index in [1.165, 1.54) is 11.8 Å². The molecule has 0 spiro atoms. The van der Waals surface area contributed by atoms with Crippen LogP contribution in [0.2, 0.25) is 0 Å². The molecule has 4 aromatic rings. The van der Waals surface area contributed by atoms with Gasteiger partial charge in [-0.05, 0) is 54.8 Å². The zero-order valence-corrected chi connectivity index (χ0v) is 20.6. The van der Waals surface area contributed by atoms with Gasteiger partial charge in [-0.15, -0.1) is 10.2 Å². The van der Waals surface area contributed by atoms with Crippen LogP contribution < -0.4 is 10.6 Å². The number of furan rings is 1. The fraction of sp³-hybridized carbons (Fsp3) is 0.231. The molecule has 0 saturated heterocycles. The lowest BCUT2D eigenvalue weighted by molar-refractivity contribution is -0.113. The lowest BCUT2D eigenvalue weighted by Gasteiger charge is -2.13. The van der Waals surface area contributed by atoms with Gasteiger partial charge in [0.05, 0.1) is 23.3 Å². The average Bonchev–Trinajstić information content (AvgIpc) is 3.48. The molecule has 2 aromatic carbocycles. The third-order valence-electron chi connectivity index (χ3n) is 5.06. The van der Waals surface area contributed by atoms with Gasteiger partial charge in [-0.1, -0.05) is 49.9 Å². The Morgan fingerprint density at radius 1 is 1.03 bits per heavy atom. The highest BCUT2D eigenvalue weighted by Gasteiger charge is 2.19. The molecule has 4 rings (SSSR count). The van der Waals surface area contributed by atoms with Crippen LogP contribution in [-0.2, 0) is 11.3 Å². The van der Waals surface area contributed by atoms with E-state index in [0.717, 1.165) is 5.56 Å². The van der Waals surface area contributed by atoms with E-state index < -0.39 is 0 Å². The molecule has 0 aliphatic rings. The van der Waals surface area contributed by atoms with Crippen LogP contribution in [0.4, 0.5) is 11.4 Å². The van der Waals surface area contributed by atoms with Gasteiger partial charge in [0.25, 0.3) is 5.91 Å². The van der Waals surface area contributed by atoms with Crippen LogP contribution >= 0.6 is 11.8 Å². The second-order valence-electron chi connectivity index (χ2n) is 8.49. The van der Waals surface area contributed by atoms with Crippen LogP contribution in [0.25, 0.3) is 11.6 Å². The van der Waals surface area contributed by atoms with Crippen molar-refractivity contribution in [3.8, 4) is 11.6 Å². The van der Waals surface area contributed by atoms with Gasteiger partial charge in [0.1, 0.15) is 0 Å². The number of hydrogen-bond donors (Lipinski definition) is 2. The maximum atomic E-state index is 12.9. The van der Waals surface area contributed by atoms with E-state index in [1.807, 2.05) is 41.8 Å². The molecule has 180 valence electrons. The first kappa shape index (κ1) is 24.3. The summed E-state index contributed by atoms with van der Waals surface area (Å²) < 4.78 is 7.46. The first-order valence-electron chi connectivity index (χ1n) is 11.3. The maximum absolute atomic E-state index is 12.9. The Labute approximate surface area is 208 Å². The molecule has 35 heavy (non-hydrogen) atoms. The quantitative estimate of drug-likeness (QED) is 0.302. The zero-order valence-electron chi connectivity index (χ0n) is 19.8. The minimum Gasteiger partial charge on any atom is -0.461 e. The SMILES string of the molecule is Cc1cccc(NC(=O)c2ccccc2NC(=O)CSc2nnc(-c3ccco3)n2CC(C)C)c1. The van der Waals surface area contributed by atoms with Crippen LogP contribution in [0, 0.1) is 12.8 Å². The lowest BCUT2D eigenvalue weighted by atomic mass is 10.1. The van der Waals surface area contributed by atoms with Gasteiger partial charge < -0.3 is 15.1 Å². The predicted octanol–water partition coefficient (Wildman–Crippen LogP) is 5.49. The molecule has 2 heterocycles. The van der Waals surface area contributed by atoms with Crippen molar-refractivity contribution in [1.82, 2.24) is 14.8 Å². The minimum absolute atomic E-state index is 0.113. The van der Waals surface area contributed by atoms with Crippen LogP contribution in [-0.4, -0.2) is 32.3 Å². The summed E-state index contributed by atoms with van der Waals surface area (Å²) in [5, 5.41) is 14.9. The summed E-state index contributed by atoms with van der Waals surface area (Å²) in [5.41, 5.74) is 2.57. The number of carbonyl (C=O) groups is 2. The molecule has 2 amide bonds. The number of carbonyl (C=O) groups excluding carboxylic acids is 2. The van der Waals surface area contributed by atoms with E-state index in [9.17, 15) is 9.59 Å². The number of anilines is 2. The highest BCUT2D eigenvalue weighted by Crippen LogP contribution is 2.26. The Balaban J connectivity index is 1.44. The van der Waals surface area contributed by atoms with Gasteiger partial charge in [-0.25, -0.2) is 0 Å². The third-order valence-corrected chi connectivity index (χ3v) is 6.03. The molecule has 0 aliphatic carbocycles. The smallest absolute Gasteiger partial charge is 0.257 e. The first-order valence-corrected chi connectivity index (χ1v) is 12.3. The van der Waals surface area contributed by atoms with Crippen LogP contribution in [0.3, 0.4) is 0 Å². The van der Waals surface area contributed by atoms with Gasteiger partial charge >= 0.3 is 0 Å². The van der Waals surface area contributed by atoms with Crippen molar-refractivity contribution in [2.24, 2.45) is 5.92 Å². The zero-order chi connectivity index (χ0) is 24.8. The summed E-state index contributed by atoms with van der Waals surface area (Å²) in [6, 6.07) is 18.1. The Bertz CT molecular complexity index is 1310. The van der Waals surface area contributed by atoms with Gasteiger partial charge in [0.2, 0.25) is 5.91 Å². The number of rotatable bonds is 9. The number of hydrogen-bond acceptors (Lipinski definition) is 6. The van der Waals surface area contributed by atoms with E-state index in [4.69, 9.17) is 4.42 Å². The fourth-order valence-electron chi connectivity index (χ4n) is 3.54. The molecule has 0 bridgehead atoms. The molecule has 0 fully saturated rings. The van der Waals surface area contributed by atoms with E-state index in [1.54, 1.807) is 36.6 Å². The number of benzene rings is 2.